The number of hydrogen-bond acceptors (Lipinski definition) is 5. The first-order valence-electron chi connectivity index (χ1n) is 10.2. The van der Waals surface area contributed by atoms with Crippen molar-refractivity contribution >= 4 is 16.9 Å². The Kier molecular flexibility index (Phi) is 6.48. The van der Waals surface area contributed by atoms with E-state index in [0.717, 1.165) is 17.7 Å². The first-order chi connectivity index (χ1) is 15.5. The molecule has 1 aromatic heterocycles. The molecule has 1 aliphatic heterocycles. The van der Waals surface area contributed by atoms with Crippen LogP contribution in [0.5, 0.6) is 0 Å². The summed E-state index contributed by atoms with van der Waals surface area (Å²) < 4.78 is 40.1. The zero-order valence-electron chi connectivity index (χ0n) is 17.5. The van der Waals surface area contributed by atoms with Crippen molar-refractivity contribution in [2.75, 3.05) is 20.2 Å². The lowest BCUT2D eigenvalue weighted by Gasteiger charge is -2.29. The Morgan fingerprint density at radius 1 is 1.19 bits per heavy atom. The fourth-order valence-electron chi connectivity index (χ4n) is 3.92. The number of rotatable bonds is 6. The molecule has 1 amide bonds. The van der Waals surface area contributed by atoms with Crippen molar-refractivity contribution in [2.24, 2.45) is 0 Å². The number of amides is 1. The predicted molar refractivity (Wildman–Crippen MR) is 114 cm³/mol. The van der Waals surface area contributed by atoms with E-state index in [4.69, 9.17) is 9.47 Å². The zero-order valence-corrected chi connectivity index (χ0v) is 17.5. The van der Waals surface area contributed by atoms with Crippen molar-refractivity contribution < 1.29 is 23.0 Å². The molecule has 1 aliphatic rings. The molecule has 0 spiro atoms. The highest BCUT2D eigenvalue weighted by Crippen LogP contribution is 2.31. The van der Waals surface area contributed by atoms with Gasteiger partial charge in [0.1, 0.15) is 6.61 Å². The van der Waals surface area contributed by atoms with E-state index in [2.05, 4.69) is 10.6 Å². The van der Waals surface area contributed by atoms with Crippen LogP contribution in [0.1, 0.15) is 22.9 Å². The van der Waals surface area contributed by atoms with E-state index in [1.807, 2.05) is 30.3 Å². The molecule has 168 valence electrons. The first-order valence-corrected chi connectivity index (χ1v) is 10.2. The molecule has 0 saturated heterocycles. The molecule has 7 nitrogen and oxygen atoms in total. The van der Waals surface area contributed by atoms with Crippen molar-refractivity contribution in [2.45, 2.75) is 25.8 Å². The van der Waals surface area contributed by atoms with Crippen LogP contribution in [0.15, 0.2) is 47.3 Å². The lowest BCUT2D eigenvalue weighted by atomic mass is 9.96. The molecular weight excluding hydrogens is 420 g/mol. The van der Waals surface area contributed by atoms with E-state index in [0.29, 0.717) is 23.3 Å². The largest absolute Gasteiger partial charge is 0.445 e. The minimum atomic E-state index is -1.09. The Balaban J connectivity index is 1.57. The Hall–Kier alpha value is -3.30. The number of aromatic nitrogens is 1. The molecule has 2 N–H and O–H groups in total. The van der Waals surface area contributed by atoms with E-state index in [-0.39, 0.29) is 37.7 Å². The summed E-state index contributed by atoms with van der Waals surface area (Å²) in [7, 11) is 1.73. The van der Waals surface area contributed by atoms with Gasteiger partial charge in [-0.1, -0.05) is 30.3 Å². The minimum absolute atomic E-state index is 0.0801. The molecule has 4 rings (SSSR count). The summed E-state index contributed by atoms with van der Waals surface area (Å²) in [6.07, 6.45) is -0.617. The standard InChI is InChI=1S/C23H23F2N3O4/c1-26-19-12-31-13-20-21(19)15-9-17(24)18(25)10-16(15)22(29)28(20)8-7-27-23(30)32-11-14-5-3-2-4-6-14/h2-6,9-10,19,26H,7-8,11-13H2,1H3,(H,27,30)/t19-/m1/s1. The zero-order chi connectivity index (χ0) is 22.7. The van der Waals surface area contributed by atoms with E-state index in [1.54, 1.807) is 7.05 Å². The summed E-state index contributed by atoms with van der Waals surface area (Å²) in [6.45, 7) is 0.840. The Bertz CT molecular complexity index is 1200. The van der Waals surface area contributed by atoms with Crippen LogP contribution in [0.25, 0.3) is 10.8 Å². The predicted octanol–water partition coefficient (Wildman–Crippen LogP) is 3.00. The highest BCUT2D eigenvalue weighted by molar-refractivity contribution is 5.86. The number of alkyl carbamates (subject to hydrolysis) is 1. The third kappa shape index (κ3) is 4.35. The Labute approximate surface area is 182 Å². The molecule has 9 heteroatoms. The Morgan fingerprint density at radius 2 is 1.91 bits per heavy atom. The third-order valence-corrected chi connectivity index (χ3v) is 5.50. The molecule has 0 radical (unpaired) electrons. The number of pyridine rings is 1. The monoisotopic (exact) mass is 443 g/mol. The molecule has 0 fully saturated rings. The quantitative estimate of drug-likeness (QED) is 0.612. The van der Waals surface area contributed by atoms with Gasteiger partial charge < -0.3 is 24.7 Å². The van der Waals surface area contributed by atoms with Crippen LogP contribution < -0.4 is 16.2 Å². The molecule has 2 aromatic carbocycles. The summed E-state index contributed by atoms with van der Waals surface area (Å²) in [5.41, 5.74) is 1.64. The van der Waals surface area contributed by atoms with E-state index in [9.17, 15) is 18.4 Å². The number of nitrogens with one attached hydrogen (secondary N) is 2. The van der Waals surface area contributed by atoms with Gasteiger partial charge in [0.15, 0.2) is 11.6 Å². The van der Waals surface area contributed by atoms with Crippen molar-refractivity contribution in [3.63, 3.8) is 0 Å². The van der Waals surface area contributed by atoms with Gasteiger partial charge in [-0.3, -0.25) is 4.79 Å². The van der Waals surface area contributed by atoms with Crippen LogP contribution in [0, 0.1) is 11.6 Å². The number of ether oxygens (including phenoxy) is 2. The van der Waals surface area contributed by atoms with Gasteiger partial charge in [-0.05, 0) is 30.1 Å². The van der Waals surface area contributed by atoms with Gasteiger partial charge in [0.2, 0.25) is 0 Å². The highest BCUT2D eigenvalue weighted by atomic mass is 19.2. The molecule has 32 heavy (non-hydrogen) atoms. The lowest BCUT2D eigenvalue weighted by Crippen LogP contribution is -2.37. The molecule has 2 heterocycles. The van der Waals surface area contributed by atoms with E-state index in [1.165, 1.54) is 4.57 Å². The molecule has 1 atom stereocenters. The Morgan fingerprint density at radius 3 is 2.62 bits per heavy atom. The topological polar surface area (TPSA) is 81.6 Å². The fourth-order valence-corrected chi connectivity index (χ4v) is 3.92. The second-order valence-electron chi connectivity index (χ2n) is 7.47. The minimum Gasteiger partial charge on any atom is -0.445 e. The lowest BCUT2D eigenvalue weighted by molar-refractivity contribution is 0.0783. The second-order valence-corrected chi connectivity index (χ2v) is 7.47. The molecular formula is C23H23F2N3O4. The van der Waals surface area contributed by atoms with Gasteiger partial charge in [-0.2, -0.15) is 0 Å². The number of carbonyl (C=O) groups is 1. The molecule has 0 aliphatic carbocycles. The average Bonchev–Trinajstić information content (AvgIpc) is 2.81. The molecule has 0 saturated carbocycles. The van der Waals surface area contributed by atoms with Crippen LogP contribution in [-0.2, 0) is 29.2 Å². The summed E-state index contributed by atoms with van der Waals surface area (Å²) in [6, 6.07) is 10.9. The molecule has 3 aromatic rings. The maximum Gasteiger partial charge on any atom is 0.407 e. The van der Waals surface area contributed by atoms with Crippen molar-refractivity contribution in [3.05, 3.63) is 81.3 Å². The maximum absolute atomic E-state index is 14.0. The number of fused-ring (bicyclic) bond motifs is 3. The molecule has 0 unspecified atom stereocenters. The summed E-state index contributed by atoms with van der Waals surface area (Å²) in [5.74, 6) is -2.10. The van der Waals surface area contributed by atoms with Gasteiger partial charge in [0.25, 0.3) is 5.56 Å². The molecule has 0 bridgehead atoms. The maximum atomic E-state index is 14.0. The van der Waals surface area contributed by atoms with Crippen molar-refractivity contribution in [3.8, 4) is 0 Å². The number of benzene rings is 2. The van der Waals surface area contributed by atoms with E-state index >= 15 is 0 Å². The van der Waals surface area contributed by atoms with Crippen LogP contribution in [0.4, 0.5) is 13.6 Å². The number of carbonyl (C=O) groups excluding carboxylic acids is 1. The van der Waals surface area contributed by atoms with Crippen LogP contribution in [-0.4, -0.2) is 30.9 Å². The second kappa shape index (κ2) is 9.46. The van der Waals surface area contributed by atoms with Crippen LogP contribution in [0.2, 0.25) is 0 Å². The number of hydrogen-bond donors (Lipinski definition) is 2. The first kappa shape index (κ1) is 21.9. The number of halogens is 2. The van der Waals surface area contributed by atoms with Gasteiger partial charge in [-0.25, -0.2) is 13.6 Å². The van der Waals surface area contributed by atoms with Crippen molar-refractivity contribution in [1.82, 2.24) is 15.2 Å². The van der Waals surface area contributed by atoms with Gasteiger partial charge in [-0.15, -0.1) is 0 Å². The summed E-state index contributed by atoms with van der Waals surface area (Å²) in [4.78, 5) is 25.1. The fraction of sp³-hybridized carbons (Fsp3) is 0.304. The SMILES string of the molecule is CN[C@@H]1COCc2c1c1cc(F)c(F)cc1c(=O)n2CCNC(=O)OCc1ccccc1. The van der Waals surface area contributed by atoms with Gasteiger partial charge in [0, 0.05) is 18.7 Å². The van der Waals surface area contributed by atoms with Crippen LogP contribution >= 0.6 is 0 Å². The summed E-state index contributed by atoms with van der Waals surface area (Å²) >= 11 is 0. The summed E-state index contributed by atoms with van der Waals surface area (Å²) in [5, 5.41) is 6.15. The number of likely N-dealkylation sites (N-methyl/N-ethyl adjacent to an activating group) is 1. The third-order valence-electron chi connectivity index (χ3n) is 5.50. The van der Waals surface area contributed by atoms with Crippen molar-refractivity contribution in [1.29, 1.82) is 0 Å². The smallest absolute Gasteiger partial charge is 0.407 e. The number of nitrogens with zero attached hydrogens (tertiary/aromatic N) is 1. The normalized spacial score (nSPS) is 15.4. The van der Waals surface area contributed by atoms with Crippen LogP contribution in [0.3, 0.4) is 0 Å². The highest BCUT2D eigenvalue weighted by Gasteiger charge is 2.27. The average molecular weight is 443 g/mol. The van der Waals surface area contributed by atoms with E-state index < -0.39 is 23.3 Å². The van der Waals surface area contributed by atoms with Gasteiger partial charge >= 0.3 is 6.09 Å². The van der Waals surface area contributed by atoms with Gasteiger partial charge in [0.05, 0.1) is 30.3 Å².